The molecule has 1 aliphatic rings. The van der Waals surface area contributed by atoms with E-state index in [9.17, 15) is 4.79 Å². The highest BCUT2D eigenvalue weighted by atomic mass is 32.2. The smallest absolute Gasteiger partial charge is 0.236 e. The number of aromatic nitrogens is 4. The topological polar surface area (TPSA) is 67.2 Å². The van der Waals surface area contributed by atoms with E-state index < -0.39 is 0 Å². The van der Waals surface area contributed by atoms with Crippen molar-refractivity contribution in [1.82, 2.24) is 25.1 Å². The lowest BCUT2D eigenvalue weighted by Crippen LogP contribution is -2.50. The van der Waals surface area contributed by atoms with Gasteiger partial charge in [-0.15, -0.1) is 5.10 Å². The molecule has 0 spiro atoms. The summed E-state index contributed by atoms with van der Waals surface area (Å²) in [5.41, 5.74) is 3.27. The molecule has 3 aromatic rings. The van der Waals surface area contributed by atoms with Crippen molar-refractivity contribution >= 4 is 23.4 Å². The van der Waals surface area contributed by atoms with Crippen LogP contribution in [0.15, 0.2) is 59.8 Å². The molecular weight excluding hydrogens is 384 g/mol. The number of rotatable bonds is 5. The molecule has 0 radical (unpaired) electrons. The maximum absolute atomic E-state index is 13.0. The zero-order valence-electron chi connectivity index (χ0n) is 16.6. The molecule has 150 valence electrons. The highest BCUT2D eigenvalue weighted by molar-refractivity contribution is 8.00. The van der Waals surface area contributed by atoms with Gasteiger partial charge in [0, 0.05) is 31.9 Å². The summed E-state index contributed by atoms with van der Waals surface area (Å²) >= 11 is 1.40. The average molecular weight is 409 g/mol. The van der Waals surface area contributed by atoms with Gasteiger partial charge in [0.25, 0.3) is 0 Å². The van der Waals surface area contributed by atoms with Gasteiger partial charge in [-0.25, -0.2) is 0 Å². The Morgan fingerprint density at radius 1 is 0.966 bits per heavy atom. The van der Waals surface area contributed by atoms with E-state index in [0.29, 0.717) is 5.16 Å². The van der Waals surface area contributed by atoms with Gasteiger partial charge in [-0.3, -0.25) is 4.79 Å². The number of carbonyl (C=O) groups is 1. The molecule has 2 aromatic carbocycles. The number of thioether (sulfide) groups is 1. The number of carbonyl (C=O) groups excluding carboxylic acids is 1. The van der Waals surface area contributed by atoms with Crippen LogP contribution in [-0.2, 0) is 4.79 Å². The monoisotopic (exact) mass is 408 g/mol. The first kappa shape index (κ1) is 19.4. The van der Waals surface area contributed by atoms with E-state index in [1.165, 1.54) is 23.0 Å². The molecule has 0 bridgehead atoms. The summed E-state index contributed by atoms with van der Waals surface area (Å²) in [4.78, 5) is 17.2. The van der Waals surface area contributed by atoms with Gasteiger partial charge in [0.2, 0.25) is 11.1 Å². The number of hydrogen-bond acceptors (Lipinski definition) is 6. The third-order valence-corrected chi connectivity index (χ3v) is 6.08. The number of benzene rings is 2. The second-order valence-corrected chi connectivity index (χ2v) is 8.42. The average Bonchev–Trinajstić information content (AvgIpc) is 3.22. The van der Waals surface area contributed by atoms with E-state index in [1.807, 2.05) is 61.2 Å². The van der Waals surface area contributed by atoms with Crippen LogP contribution < -0.4 is 4.90 Å². The highest BCUT2D eigenvalue weighted by Crippen LogP contribution is 2.25. The summed E-state index contributed by atoms with van der Waals surface area (Å²) in [6, 6.07) is 18.3. The molecule has 29 heavy (non-hydrogen) atoms. The Labute approximate surface area is 174 Å². The fraction of sp³-hybridized carbons (Fsp3) is 0.333. The molecule has 1 aromatic heterocycles. The number of piperazine rings is 1. The number of anilines is 1. The molecule has 0 aliphatic carbocycles. The second kappa shape index (κ2) is 8.65. The first-order valence-electron chi connectivity index (χ1n) is 9.72. The van der Waals surface area contributed by atoms with Crippen LogP contribution in [0.1, 0.15) is 12.5 Å². The largest absolute Gasteiger partial charge is 0.368 e. The minimum atomic E-state index is -0.256. The lowest BCUT2D eigenvalue weighted by molar-refractivity contribution is -0.130. The summed E-state index contributed by atoms with van der Waals surface area (Å²) in [6.07, 6.45) is 0. The fourth-order valence-electron chi connectivity index (χ4n) is 3.39. The zero-order chi connectivity index (χ0) is 20.2. The minimum Gasteiger partial charge on any atom is -0.368 e. The molecule has 1 unspecified atom stereocenters. The molecule has 1 aliphatic heterocycles. The number of nitrogens with zero attached hydrogens (tertiary/aromatic N) is 6. The first-order valence-corrected chi connectivity index (χ1v) is 10.6. The van der Waals surface area contributed by atoms with Gasteiger partial charge < -0.3 is 9.80 Å². The molecule has 1 atom stereocenters. The van der Waals surface area contributed by atoms with Crippen molar-refractivity contribution in [1.29, 1.82) is 0 Å². The highest BCUT2D eigenvalue weighted by Gasteiger charge is 2.27. The van der Waals surface area contributed by atoms with Crippen LogP contribution in [0.5, 0.6) is 0 Å². The molecule has 0 N–H and O–H groups in total. The van der Waals surface area contributed by atoms with Crippen LogP contribution in [0.25, 0.3) is 5.69 Å². The minimum absolute atomic E-state index is 0.126. The summed E-state index contributed by atoms with van der Waals surface area (Å²) < 4.78 is 1.68. The number of para-hydroxylation sites is 1. The second-order valence-electron chi connectivity index (χ2n) is 7.12. The van der Waals surface area contributed by atoms with Crippen LogP contribution in [0, 0.1) is 6.92 Å². The Hall–Kier alpha value is -2.87. The molecule has 1 amide bonds. The quantitative estimate of drug-likeness (QED) is 0.605. The van der Waals surface area contributed by atoms with E-state index in [2.05, 4.69) is 32.6 Å². The summed E-state index contributed by atoms with van der Waals surface area (Å²) in [7, 11) is 0. The molecular formula is C21H24N6OS. The molecule has 1 saturated heterocycles. The van der Waals surface area contributed by atoms with Crippen LogP contribution in [0.4, 0.5) is 5.69 Å². The third kappa shape index (κ3) is 4.42. The van der Waals surface area contributed by atoms with Gasteiger partial charge in [-0.1, -0.05) is 47.7 Å². The first-order chi connectivity index (χ1) is 14.1. The summed E-state index contributed by atoms with van der Waals surface area (Å²) in [5, 5.41) is 12.4. The van der Waals surface area contributed by atoms with Crippen molar-refractivity contribution in [2.45, 2.75) is 24.3 Å². The maximum Gasteiger partial charge on any atom is 0.236 e. The Kier molecular flexibility index (Phi) is 5.80. The number of hydrogen-bond donors (Lipinski definition) is 0. The van der Waals surface area contributed by atoms with Crippen LogP contribution >= 0.6 is 11.8 Å². The number of aryl methyl sites for hydroxylation is 1. The van der Waals surface area contributed by atoms with Gasteiger partial charge in [0.05, 0.1) is 10.9 Å². The standard InChI is InChI=1S/C21H24N6OS/c1-16-8-10-19(11-9-16)27-21(22-23-24-27)29-17(2)20(28)26-14-12-25(13-15-26)18-6-4-3-5-7-18/h3-11,17H,12-15H2,1-2H3. The van der Waals surface area contributed by atoms with Crippen molar-refractivity contribution in [2.24, 2.45) is 0 Å². The van der Waals surface area contributed by atoms with Crippen LogP contribution in [0.2, 0.25) is 0 Å². The Balaban J connectivity index is 1.37. The third-order valence-electron chi connectivity index (χ3n) is 5.06. The van der Waals surface area contributed by atoms with Crippen molar-refractivity contribution in [3.05, 3.63) is 60.2 Å². The van der Waals surface area contributed by atoms with E-state index in [4.69, 9.17) is 0 Å². The Morgan fingerprint density at radius 2 is 1.66 bits per heavy atom. The van der Waals surface area contributed by atoms with E-state index in [-0.39, 0.29) is 11.2 Å². The van der Waals surface area contributed by atoms with Crippen molar-refractivity contribution in [3.8, 4) is 5.69 Å². The zero-order valence-corrected chi connectivity index (χ0v) is 17.4. The molecule has 0 saturated carbocycles. The normalized spacial score (nSPS) is 15.4. The van der Waals surface area contributed by atoms with Crippen molar-refractivity contribution in [3.63, 3.8) is 0 Å². The molecule has 2 heterocycles. The van der Waals surface area contributed by atoms with Gasteiger partial charge in [0.1, 0.15) is 0 Å². The Morgan fingerprint density at radius 3 is 2.34 bits per heavy atom. The molecule has 8 heteroatoms. The van der Waals surface area contributed by atoms with Crippen molar-refractivity contribution in [2.75, 3.05) is 31.1 Å². The van der Waals surface area contributed by atoms with Gasteiger partial charge in [0.15, 0.2) is 0 Å². The van der Waals surface area contributed by atoms with Crippen molar-refractivity contribution < 1.29 is 4.79 Å². The Bertz CT molecular complexity index is 951. The summed E-state index contributed by atoms with van der Waals surface area (Å²) in [6.45, 7) is 7.09. The maximum atomic E-state index is 13.0. The van der Waals surface area contributed by atoms with E-state index in [0.717, 1.165) is 31.9 Å². The lowest BCUT2D eigenvalue weighted by Gasteiger charge is -2.37. The number of tetrazole rings is 1. The van der Waals surface area contributed by atoms with Crippen LogP contribution in [0.3, 0.4) is 0 Å². The van der Waals surface area contributed by atoms with E-state index >= 15 is 0 Å². The molecule has 4 rings (SSSR count). The fourth-order valence-corrected chi connectivity index (χ4v) is 4.28. The van der Waals surface area contributed by atoms with Gasteiger partial charge in [-0.2, -0.15) is 4.68 Å². The number of amides is 1. The molecule has 1 fully saturated rings. The van der Waals surface area contributed by atoms with Gasteiger partial charge >= 0.3 is 0 Å². The predicted octanol–water partition coefficient (Wildman–Crippen LogP) is 2.80. The van der Waals surface area contributed by atoms with Gasteiger partial charge in [-0.05, 0) is 48.5 Å². The molecule has 7 nitrogen and oxygen atoms in total. The van der Waals surface area contributed by atoms with E-state index in [1.54, 1.807) is 4.68 Å². The SMILES string of the molecule is Cc1ccc(-n2nnnc2SC(C)C(=O)N2CCN(c3ccccc3)CC2)cc1. The van der Waals surface area contributed by atoms with Crippen LogP contribution in [-0.4, -0.2) is 62.4 Å². The lowest BCUT2D eigenvalue weighted by atomic mass is 10.2. The summed E-state index contributed by atoms with van der Waals surface area (Å²) in [5.74, 6) is 0.126. The predicted molar refractivity (Wildman–Crippen MR) is 114 cm³/mol.